The number of hydrogen-bond donors (Lipinski definition) is 1. The van der Waals surface area contributed by atoms with Gasteiger partial charge in [0, 0.05) is 28.9 Å². The first kappa shape index (κ1) is 31.0. The number of aromatic nitrogens is 2. The maximum atomic E-state index is 12.8. The molecule has 0 unspecified atom stereocenters. The van der Waals surface area contributed by atoms with Crippen molar-refractivity contribution >= 4 is 29.2 Å². The second-order valence-electron chi connectivity index (χ2n) is 10.4. The van der Waals surface area contributed by atoms with Crippen LogP contribution in [-0.2, 0) is 12.6 Å². The largest absolute Gasteiger partial charge is 0.478 e. The lowest BCUT2D eigenvalue weighted by molar-refractivity contribution is -0.137. The number of hydrogen-bond acceptors (Lipinski definition) is 3. The SMILES string of the molecule is O=C(O)c1ccc(-n2cc(-c3ccc(Cl)cc3Cl)nc2Cc2ccc(-c3ccc(Oc4ccc(C(F)(F)F)cc4)cc3)cc2)cc1. The highest BCUT2D eigenvalue weighted by atomic mass is 35.5. The van der Waals surface area contributed by atoms with Crippen molar-refractivity contribution in [2.24, 2.45) is 0 Å². The number of aromatic carboxylic acids is 1. The fraction of sp³-hybridized carbons (Fsp3) is 0.0556. The van der Waals surface area contributed by atoms with Crippen LogP contribution in [0.25, 0.3) is 28.1 Å². The first-order valence-corrected chi connectivity index (χ1v) is 14.7. The number of carbonyl (C=O) groups is 1. The van der Waals surface area contributed by atoms with E-state index in [0.717, 1.165) is 40.3 Å². The molecule has 5 aromatic carbocycles. The number of rotatable bonds is 8. The Morgan fingerprint density at radius 1 is 0.783 bits per heavy atom. The van der Waals surface area contributed by atoms with Crippen molar-refractivity contribution in [3.05, 3.63) is 154 Å². The molecule has 0 atom stereocenters. The van der Waals surface area contributed by atoms with Crippen LogP contribution in [0.3, 0.4) is 0 Å². The highest BCUT2D eigenvalue weighted by Crippen LogP contribution is 2.33. The highest BCUT2D eigenvalue weighted by Gasteiger charge is 2.30. The zero-order valence-corrected chi connectivity index (χ0v) is 25.3. The summed E-state index contributed by atoms with van der Waals surface area (Å²) >= 11 is 12.6. The van der Waals surface area contributed by atoms with Gasteiger partial charge < -0.3 is 14.4 Å². The van der Waals surface area contributed by atoms with Crippen LogP contribution in [0.4, 0.5) is 13.2 Å². The summed E-state index contributed by atoms with van der Waals surface area (Å²) in [6, 6.07) is 31.6. The predicted octanol–water partition coefficient (Wildman–Crippen LogP) is 10.6. The molecule has 6 rings (SSSR count). The van der Waals surface area contributed by atoms with Gasteiger partial charge in [-0.1, -0.05) is 59.6 Å². The van der Waals surface area contributed by atoms with E-state index in [0.29, 0.717) is 39.2 Å². The zero-order chi connectivity index (χ0) is 32.4. The Morgan fingerprint density at radius 3 is 1.93 bits per heavy atom. The minimum absolute atomic E-state index is 0.182. The summed E-state index contributed by atoms with van der Waals surface area (Å²) in [6.45, 7) is 0. The minimum Gasteiger partial charge on any atom is -0.478 e. The standard InChI is InChI=1S/C36H23Cl2F3N2O3/c37-27-11-18-31(32(38)20-27)33-21-43(28-12-5-25(6-13-28)35(44)45)34(42-33)19-22-1-3-23(4-2-22)24-7-14-29(15-8-24)46-30-16-9-26(10-17-30)36(39,40)41/h1-18,20-21H,19H2,(H,44,45). The molecule has 1 heterocycles. The van der Waals surface area contributed by atoms with Gasteiger partial charge in [-0.2, -0.15) is 13.2 Å². The number of benzene rings is 5. The first-order valence-electron chi connectivity index (χ1n) is 14.0. The fourth-order valence-electron chi connectivity index (χ4n) is 4.92. The number of alkyl halides is 3. The van der Waals surface area contributed by atoms with Crippen molar-refractivity contribution in [3.8, 4) is 39.6 Å². The second-order valence-corrected chi connectivity index (χ2v) is 11.3. The molecule has 0 aliphatic rings. The number of imidazole rings is 1. The maximum absolute atomic E-state index is 12.8. The first-order chi connectivity index (χ1) is 22.0. The Bertz CT molecular complexity index is 2010. The number of carboxylic acids is 1. The number of carboxylic acid groups (broad SMARTS) is 1. The van der Waals surface area contributed by atoms with E-state index < -0.39 is 17.7 Å². The molecule has 0 saturated heterocycles. The average molecular weight is 659 g/mol. The third kappa shape index (κ3) is 6.93. The molecular weight excluding hydrogens is 636 g/mol. The molecule has 0 amide bonds. The van der Waals surface area contributed by atoms with Crippen LogP contribution >= 0.6 is 23.2 Å². The number of nitrogens with zero attached hydrogens (tertiary/aromatic N) is 2. The minimum atomic E-state index is -4.40. The van der Waals surface area contributed by atoms with Crippen molar-refractivity contribution in [3.63, 3.8) is 0 Å². The quantitative estimate of drug-likeness (QED) is 0.177. The lowest BCUT2D eigenvalue weighted by Crippen LogP contribution is -2.03. The Balaban J connectivity index is 1.22. The molecule has 0 aliphatic carbocycles. The van der Waals surface area contributed by atoms with E-state index in [4.69, 9.17) is 32.9 Å². The monoisotopic (exact) mass is 658 g/mol. The lowest BCUT2D eigenvalue weighted by Gasteiger charge is -2.10. The van der Waals surface area contributed by atoms with Crippen LogP contribution in [0.1, 0.15) is 27.3 Å². The number of halogens is 5. The van der Waals surface area contributed by atoms with Gasteiger partial charge in [-0.3, -0.25) is 0 Å². The van der Waals surface area contributed by atoms with Gasteiger partial charge >= 0.3 is 12.1 Å². The lowest BCUT2D eigenvalue weighted by atomic mass is 10.0. The van der Waals surface area contributed by atoms with E-state index in [1.165, 1.54) is 12.1 Å². The van der Waals surface area contributed by atoms with Gasteiger partial charge in [0.1, 0.15) is 17.3 Å². The van der Waals surface area contributed by atoms with Gasteiger partial charge in [-0.25, -0.2) is 9.78 Å². The molecule has 1 aromatic heterocycles. The van der Waals surface area contributed by atoms with E-state index in [1.807, 2.05) is 53.2 Å². The van der Waals surface area contributed by atoms with E-state index in [-0.39, 0.29) is 5.56 Å². The van der Waals surface area contributed by atoms with Crippen LogP contribution < -0.4 is 4.74 Å². The molecule has 5 nitrogen and oxygen atoms in total. The normalized spacial score (nSPS) is 11.4. The van der Waals surface area contributed by atoms with Crippen LogP contribution in [-0.4, -0.2) is 20.6 Å². The molecule has 230 valence electrons. The average Bonchev–Trinajstić information content (AvgIpc) is 3.45. The highest BCUT2D eigenvalue weighted by molar-refractivity contribution is 6.36. The summed E-state index contributed by atoms with van der Waals surface area (Å²) in [6.07, 6.45) is -2.06. The molecule has 10 heteroatoms. The molecule has 6 aromatic rings. The van der Waals surface area contributed by atoms with Gasteiger partial charge in [-0.15, -0.1) is 0 Å². The Labute approximate surface area is 272 Å². The molecule has 0 radical (unpaired) electrons. The Morgan fingerprint density at radius 2 is 1.37 bits per heavy atom. The predicted molar refractivity (Wildman–Crippen MR) is 172 cm³/mol. The van der Waals surface area contributed by atoms with Crippen molar-refractivity contribution < 1.29 is 27.8 Å². The third-order valence-corrected chi connectivity index (χ3v) is 7.85. The van der Waals surface area contributed by atoms with Gasteiger partial charge in [0.05, 0.1) is 21.8 Å². The van der Waals surface area contributed by atoms with E-state index in [2.05, 4.69) is 0 Å². The topological polar surface area (TPSA) is 64.3 Å². The zero-order valence-electron chi connectivity index (χ0n) is 23.8. The van der Waals surface area contributed by atoms with Crippen molar-refractivity contribution in [1.82, 2.24) is 9.55 Å². The van der Waals surface area contributed by atoms with Crippen molar-refractivity contribution in [2.75, 3.05) is 0 Å². The molecule has 0 spiro atoms. The van der Waals surface area contributed by atoms with Crippen molar-refractivity contribution in [1.29, 1.82) is 0 Å². The summed E-state index contributed by atoms with van der Waals surface area (Å²) in [5.41, 5.74) is 4.46. The van der Waals surface area contributed by atoms with Crippen LogP contribution in [0.15, 0.2) is 121 Å². The molecule has 0 fully saturated rings. The van der Waals surface area contributed by atoms with Crippen LogP contribution in [0, 0.1) is 0 Å². The second kappa shape index (κ2) is 12.7. The molecule has 1 N–H and O–H groups in total. The Hall–Kier alpha value is -5.05. The molecule has 46 heavy (non-hydrogen) atoms. The van der Waals surface area contributed by atoms with Gasteiger partial charge in [0.25, 0.3) is 0 Å². The molecule has 0 saturated carbocycles. The third-order valence-electron chi connectivity index (χ3n) is 7.30. The van der Waals surface area contributed by atoms with Gasteiger partial charge in [0.2, 0.25) is 0 Å². The van der Waals surface area contributed by atoms with E-state index >= 15 is 0 Å². The fourth-order valence-corrected chi connectivity index (χ4v) is 5.42. The Kier molecular flexibility index (Phi) is 8.58. The van der Waals surface area contributed by atoms with Gasteiger partial charge in [0.15, 0.2) is 0 Å². The van der Waals surface area contributed by atoms with Crippen LogP contribution in [0.5, 0.6) is 11.5 Å². The maximum Gasteiger partial charge on any atom is 0.416 e. The van der Waals surface area contributed by atoms with E-state index in [1.54, 1.807) is 48.5 Å². The molecular formula is C36H23Cl2F3N2O3. The molecule has 0 aliphatic heterocycles. The van der Waals surface area contributed by atoms with Crippen molar-refractivity contribution in [2.45, 2.75) is 12.6 Å². The van der Waals surface area contributed by atoms with Crippen LogP contribution in [0.2, 0.25) is 10.0 Å². The molecule has 0 bridgehead atoms. The summed E-state index contributed by atoms with van der Waals surface area (Å²) in [7, 11) is 0. The van der Waals surface area contributed by atoms with E-state index in [9.17, 15) is 23.1 Å². The summed E-state index contributed by atoms with van der Waals surface area (Å²) in [4.78, 5) is 16.3. The number of ether oxygens (including phenoxy) is 1. The summed E-state index contributed by atoms with van der Waals surface area (Å²) < 4.78 is 46.1. The summed E-state index contributed by atoms with van der Waals surface area (Å²) in [5.74, 6) is 0.525. The smallest absolute Gasteiger partial charge is 0.416 e. The summed E-state index contributed by atoms with van der Waals surface area (Å²) in [5, 5.41) is 10.3. The van der Waals surface area contributed by atoms with Gasteiger partial charge in [-0.05, 0) is 95.6 Å².